The van der Waals surface area contributed by atoms with Crippen LogP contribution in [-0.2, 0) is 16.1 Å². The molecule has 0 unspecified atom stereocenters. The number of thiocarbonyl (C=S) groups is 1. The average Bonchev–Trinajstić information content (AvgIpc) is 3.06. The first-order valence-corrected chi connectivity index (χ1v) is 12.4. The summed E-state index contributed by atoms with van der Waals surface area (Å²) in [5.41, 5.74) is 1.02. The molecule has 1 aromatic heterocycles. The van der Waals surface area contributed by atoms with E-state index in [9.17, 15) is 19.6 Å². The third kappa shape index (κ3) is 5.31. The van der Waals surface area contributed by atoms with Gasteiger partial charge in [0.25, 0.3) is 11.5 Å². The lowest BCUT2D eigenvalue weighted by atomic mass is 10.0. The van der Waals surface area contributed by atoms with Crippen molar-refractivity contribution >= 4 is 52.1 Å². The molecule has 2 fully saturated rings. The van der Waals surface area contributed by atoms with Crippen molar-refractivity contribution in [3.8, 4) is 6.07 Å². The summed E-state index contributed by atoms with van der Waals surface area (Å²) < 4.78 is 2.00. The van der Waals surface area contributed by atoms with Crippen LogP contribution in [0.5, 0.6) is 0 Å². The van der Waals surface area contributed by atoms with Gasteiger partial charge in [-0.1, -0.05) is 37.3 Å². The average molecular weight is 489 g/mol. The number of nitrogens with zero attached hydrogens (tertiary/aromatic N) is 4. The molecule has 2 aliphatic heterocycles. The van der Waals surface area contributed by atoms with Gasteiger partial charge in [-0.05, 0) is 44.2 Å². The van der Waals surface area contributed by atoms with Crippen molar-refractivity contribution < 1.29 is 14.7 Å². The lowest BCUT2D eigenvalue weighted by Gasteiger charge is -2.33. The van der Waals surface area contributed by atoms with Crippen LogP contribution in [0.3, 0.4) is 0 Å². The second-order valence-electron chi connectivity index (χ2n) is 8.18. The van der Waals surface area contributed by atoms with E-state index in [1.807, 2.05) is 6.92 Å². The Bertz CT molecular complexity index is 1100. The van der Waals surface area contributed by atoms with Gasteiger partial charge in [-0.15, -0.1) is 0 Å². The Labute approximate surface area is 202 Å². The summed E-state index contributed by atoms with van der Waals surface area (Å²) in [4.78, 5) is 41.1. The number of carbonyl (C=O) groups excluding carboxylic acids is 1. The molecule has 3 rings (SSSR count). The number of piperidine rings is 1. The van der Waals surface area contributed by atoms with Crippen LogP contribution < -0.4 is 10.5 Å². The first kappa shape index (κ1) is 25.0. The molecule has 1 N–H and O–H groups in total. The van der Waals surface area contributed by atoms with E-state index in [1.165, 1.54) is 4.90 Å². The zero-order valence-corrected chi connectivity index (χ0v) is 20.6. The minimum atomic E-state index is -1.00. The number of rotatable bonds is 8. The van der Waals surface area contributed by atoms with E-state index in [1.54, 1.807) is 17.6 Å². The van der Waals surface area contributed by atoms with E-state index in [0.717, 1.165) is 62.8 Å². The third-order valence-electron chi connectivity index (χ3n) is 5.94. The number of hydrogen-bond donors (Lipinski definition) is 1. The van der Waals surface area contributed by atoms with Crippen LogP contribution in [0.15, 0.2) is 9.70 Å². The van der Waals surface area contributed by atoms with Gasteiger partial charge in [0, 0.05) is 31.7 Å². The number of thioether (sulfide) groups is 1. The van der Waals surface area contributed by atoms with E-state index in [0.29, 0.717) is 26.9 Å². The number of amides is 1. The molecular weight excluding hydrogens is 460 g/mol. The highest BCUT2D eigenvalue weighted by atomic mass is 32.2. The lowest BCUT2D eigenvalue weighted by molar-refractivity contribution is -0.137. The molecule has 1 aromatic rings. The Kier molecular flexibility index (Phi) is 8.32. The number of hydrogen-bond acceptors (Lipinski definition) is 7. The van der Waals surface area contributed by atoms with E-state index in [-0.39, 0.29) is 30.0 Å². The van der Waals surface area contributed by atoms with Crippen LogP contribution in [0.2, 0.25) is 0 Å². The Balaban J connectivity index is 2.16. The second kappa shape index (κ2) is 11.0. The number of carbonyl (C=O) groups is 2. The number of pyridine rings is 1. The van der Waals surface area contributed by atoms with Crippen LogP contribution in [0, 0.1) is 18.3 Å². The molecule has 0 radical (unpaired) electrons. The Morgan fingerprint density at radius 3 is 2.55 bits per heavy atom. The summed E-state index contributed by atoms with van der Waals surface area (Å²) in [6.07, 6.45) is 6.38. The fourth-order valence-corrected chi connectivity index (χ4v) is 5.44. The highest BCUT2D eigenvalue weighted by molar-refractivity contribution is 8.26. The SMILES string of the molecule is CCCCn1c(N2CCCCC2)c(C=C2SC(=S)N(CCC(=O)O)C2=O)c(C)c(C#N)c1=O. The van der Waals surface area contributed by atoms with Gasteiger partial charge >= 0.3 is 5.97 Å². The number of unbranched alkanes of at least 4 members (excludes halogenated alkanes) is 1. The maximum Gasteiger partial charge on any atom is 0.305 e. The molecular formula is C23H28N4O4S2. The van der Waals surface area contributed by atoms with Crippen LogP contribution in [0.25, 0.3) is 6.08 Å². The molecule has 10 heteroatoms. The third-order valence-corrected chi connectivity index (χ3v) is 7.31. The van der Waals surface area contributed by atoms with E-state index < -0.39 is 5.97 Å². The molecule has 0 atom stereocenters. The van der Waals surface area contributed by atoms with Gasteiger partial charge in [-0.2, -0.15) is 5.26 Å². The number of nitriles is 1. The first-order valence-electron chi connectivity index (χ1n) is 11.2. The van der Waals surface area contributed by atoms with Crippen LogP contribution >= 0.6 is 24.0 Å². The fourth-order valence-electron chi connectivity index (χ4n) is 4.15. The van der Waals surface area contributed by atoms with Crippen molar-refractivity contribution in [3.63, 3.8) is 0 Å². The summed E-state index contributed by atoms with van der Waals surface area (Å²) in [5, 5.41) is 18.7. The lowest BCUT2D eigenvalue weighted by Crippen LogP contribution is -2.37. The molecule has 0 bridgehead atoms. The quantitative estimate of drug-likeness (QED) is 0.438. The zero-order valence-electron chi connectivity index (χ0n) is 18.9. The molecule has 2 aliphatic rings. The van der Waals surface area contributed by atoms with Gasteiger partial charge in [0.05, 0.1) is 11.3 Å². The summed E-state index contributed by atoms with van der Waals surface area (Å²) >= 11 is 6.44. The van der Waals surface area contributed by atoms with Gasteiger partial charge in [0.15, 0.2) is 0 Å². The molecule has 2 saturated heterocycles. The maximum atomic E-state index is 13.2. The van der Waals surface area contributed by atoms with Crippen molar-refractivity contribution in [2.24, 2.45) is 0 Å². The van der Waals surface area contributed by atoms with E-state index in [2.05, 4.69) is 11.0 Å². The normalized spacial score (nSPS) is 17.7. The maximum absolute atomic E-state index is 13.2. The predicted octanol–water partition coefficient (Wildman–Crippen LogP) is 3.49. The van der Waals surface area contributed by atoms with Crippen molar-refractivity contribution in [1.82, 2.24) is 9.47 Å². The van der Waals surface area contributed by atoms with Gasteiger partial charge in [-0.3, -0.25) is 23.9 Å². The van der Waals surface area contributed by atoms with Crippen LogP contribution in [0.1, 0.15) is 62.1 Å². The Morgan fingerprint density at radius 1 is 1.24 bits per heavy atom. The second-order valence-corrected chi connectivity index (χ2v) is 9.86. The zero-order chi connectivity index (χ0) is 24.1. The molecule has 0 aromatic carbocycles. The molecule has 0 aliphatic carbocycles. The van der Waals surface area contributed by atoms with Gasteiger partial charge in [-0.25, -0.2) is 0 Å². The van der Waals surface area contributed by atoms with Crippen molar-refractivity contribution in [2.75, 3.05) is 24.5 Å². The highest BCUT2D eigenvalue weighted by Crippen LogP contribution is 2.36. The van der Waals surface area contributed by atoms with Gasteiger partial charge < -0.3 is 10.0 Å². The highest BCUT2D eigenvalue weighted by Gasteiger charge is 2.33. The minimum absolute atomic E-state index is 0.00868. The molecule has 8 nitrogen and oxygen atoms in total. The molecule has 33 heavy (non-hydrogen) atoms. The summed E-state index contributed by atoms with van der Waals surface area (Å²) in [5.74, 6) is -0.599. The Hall–Kier alpha value is -2.64. The number of carboxylic acid groups (broad SMARTS) is 1. The van der Waals surface area contributed by atoms with Gasteiger partial charge in [0.1, 0.15) is 21.8 Å². The Morgan fingerprint density at radius 2 is 1.94 bits per heavy atom. The van der Waals surface area contributed by atoms with E-state index in [4.69, 9.17) is 17.3 Å². The standard InChI is InChI=1S/C23H28N4O4S2/c1-3-4-11-26-20(25-9-6-5-7-10-25)16(15(2)17(14-24)21(26)30)13-18-22(31)27(23(32)33-18)12-8-19(28)29/h13H,3-12H2,1-2H3,(H,28,29). The number of aliphatic carboxylic acids is 1. The largest absolute Gasteiger partial charge is 0.481 e. The molecule has 0 spiro atoms. The smallest absolute Gasteiger partial charge is 0.305 e. The molecule has 0 saturated carbocycles. The van der Waals surface area contributed by atoms with Crippen LogP contribution in [-0.4, -0.2) is 50.4 Å². The van der Waals surface area contributed by atoms with Crippen LogP contribution in [0.4, 0.5) is 5.82 Å². The minimum Gasteiger partial charge on any atom is -0.481 e. The summed E-state index contributed by atoms with van der Waals surface area (Å²) in [7, 11) is 0. The monoisotopic (exact) mass is 488 g/mol. The van der Waals surface area contributed by atoms with Crippen molar-refractivity contribution in [3.05, 3.63) is 31.9 Å². The van der Waals surface area contributed by atoms with E-state index >= 15 is 0 Å². The molecule has 3 heterocycles. The first-order chi connectivity index (χ1) is 15.8. The summed E-state index contributed by atoms with van der Waals surface area (Å²) in [6, 6.07) is 2.06. The number of anilines is 1. The predicted molar refractivity (Wildman–Crippen MR) is 133 cm³/mol. The van der Waals surface area contributed by atoms with Crippen molar-refractivity contribution in [1.29, 1.82) is 5.26 Å². The van der Waals surface area contributed by atoms with Crippen molar-refractivity contribution in [2.45, 2.75) is 58.9 Å². The molecule has 1 amide bonds. The topological polar surface area (TPSA) is 107 Å². The number of carboxylic acids is 1. The summed E-state index contributed by atoms with van der Waals surface area (Å²) in [6.45, 7) is 5.91. The fraction of sp³-hybridized carbons (Fsp3) is 0.522. The number of aromatic nitrogens is 1. The van der Waals surface area contributed by atoms with Gasteiger partial charge in [0.2, 0.25) is 0 Å². The molecule has 176 valence electrons.